The Kier molecular flexibility index (Phi) is 4.88. The molecule has 2 rings (SSSR count). The third-order valence-electron chi connectivity index (χ3n) is 4.17. The highest BCUT2D eigenvalue weighted by molar-refractivity contribution is 6.16. The number of halogens is 7. The fourth-order valence-electron chi connectivity index (χ4n) is 2.82. The lowest BCUT2D eigenvalue weighted by Crippen LogP contribution is -2.26. The first-order chi connectivity index (χ1) is 11.1. The molecule has 2 aromatic carbocycles. The zero-order chi connectivity index (χ0) is 18.4. The van der Waals surface area contributed by atoms with Gasteiger partial charge in [-0.1, -0.05) is 33.1 Å². The van der Waals surface area contributed by atoms with Crippen LogP contribution in [0.5, 0.6) is 0 Å². The monoisotopic (exact) mass is 350 g/mol. The van der Waals surface area contributed by atoms with Gasteiger partial charge in [0.25, 0.3) is 0 Å². The number of hydrogen-bond donors (Lipinski definition) is 0. The average Bonchev–Trinajstić information content (AvgIpc) is 2.52. The van der Waals surface area contributed by atoms with Crippen molar-refractivity contribution in [1.29, 1.82) is 0 Å². The fraction of sp³-hybridized carbons (Fsp3) is 0.375. The fourth-order valence-corrected chi connectivity index (χ4v) is 2.82. The predicted molar refractivity (Wildman–Crippen MR) is 79.1 cm³/mol. The maximum absolute atomic E-state index is 14.7. The smallest absolute Gasteiger partial charge is 0.198 e. The molecule has 0 saturated carbocycles. The van der Waals surface area contributed by atoms with Gasteiger partial charge in [0.2, 0.25) is 0 Å². The van der Waals surface area contributed by atoms with E-state index in [-0.39, 0.29) is 6.42 Å². The summed E-state index contributed by atoms with van der Waals surface area (Å²) in [6.07, 6.45) is 1.46. The van der Waals surface area contributed by atoms with E-state index in [1.807, 2.05) is 6.92 Å². The van der Waals surface area contributed by atoms with Crippen LogP contribution in [-0.2, 0) is 5.31 Å². The van der Waals surface area contributed by atoms with Gasteiger partial charge in [-0.05, 0) is 5.31 Å². The van der Waals surface area contributed by atoms with E-state index >= 15 is 0 Å². The van der Waals surface area contributed by atoms with E-state index < -0.39 is 62.4 Å². The largest absolute Gasteiger partial charge is 0.206 e. The molecule has 0 heterocycles. The van der Waals surface area contributed by atoms with E-state index in [1.54, 1.807) is 0 Å². The molecule has 1 unspecified atom stereocenters. The Balaban J connectivity index is 2.97. The second kappa shape index (κ2) is 6.29. The first-order valence-corrected chi connectivity index (χ1v) is 7.38. The number of benzene rings is 2. The normalized spacial score (nSPS) is 14.2. The third-order valence-corrected chi connectivity index (χ3v) is 4.17. The van der Waals surface area contributed by atoms with Crippen LogP contribution in [-0.4, -0.2) is 7.85 Å². The maximum atomic E-state index is 14.7. The molecule has 0 amide bonds. The van der Waals surface area contributed by atoms with Crippen LogP contribution in [0.1, 0.15) is 38.7 Å². The van der Waals surface area contributed by atoms with E-state index in [4.69, 9.17) is 0 Å². The topological polar surface area (TPSA) is 0 Å². The minimum Gasteiger partial charge on any atom is -0.206 e. The van der Waals surface area contributed by atoms with Crippen LogP contribution < -0.4 is 0 Å². The summed E-state index contributed by atoms with van der Waals surface area (Å²) >= 11 is 0. The minimum atomic E-state index is -2.32. The Labute approximate surface area is 135 Å². The van der Waals surface area contributed by atoms with Crippen molar-refractivity contribution in [3.8, 4) is 0 Å². The summed E-state index contributed by atoms with van der Waals surface area (Å²) in [6.45, 7) is 3.24. The molecule has 0 bridgehead atoms. The van der Waals surface area contributed by atoms with Crippen LogP contribution in [0.15, 0.2) is 0 Å². The second-order valence-corrected chi connectivity index (χ2v) is 6.31. The van der Waals surface area contributed by atoms with Crippen LogP contribution in [0, 0.1) is 40.7 Å². The van der Waals surface area contributed by atoms with Crippen molar-refractivity contribution in [3.05, 3.63) is 46.3 Å². The highest BCUT2D eigenvalue weighted by atomic mass is 19.2. The van der Waals surface area contributed by atoms with Crippen LogP contribution in [0.3, 0.4) is 0 Å². The lowest BCUT2D eigenvalue weighted by molar-refractivity contribution is 0.407. The van der Waals surface area contributed by atoms with Crippen molar-refractivity contribution in [3.63, 3.8) is 0 Å². The van der Waals surface area contributed by atoms with Crippen molar-refractivity contribution < 1.29 is 30.7 Å². The molecule has 0 aliphatic heterocycles. The number of hydrogen-bond acceptors (Lipinski definition) is 0. The van der Waals surface area contributed by atoms with Crippen molar-refractivity contribution in [2.45, 2.75) is 38.4 Å². The molecule has 130 valence electrons. The molecule has 0 aliphatic rings. The first kappa shape index (κ1) is 18.6. The first-order valence-electron chi connectivity index (χ1n) is 7.38. The van der Waals surface area contributed by atoms with E-state index in [1.165, 1.54) is 14.8 Å². The second-order valence-electron chi connectivity index (χ2n) is 6.31. The van der Waals surface area contributed by atoms with E-state index in [2.05, 4.69) is 0 Å². The van der Waals surface area contributed by atoms with Gasteiger partial charge in [0, 0.05) is 5.56 Å². The molecule has 0 N–H and O–H groups in total. The summed E-state index contributed by atoms with van der Waals surface area (Å²) in [6, 6.07) is 0. The molecule has 8 heteroatoms. The zero-order valence-electron chi connectivity index (χ0n) is 13.3. The summed E-state index contributed by atoms with van der Waals surface area (Å²) in [4.78, 5) is 0. The lowest BCUT2D eigenvalue weighted by atomic mass is 9.62. The van der Waals surface area contributed by atoms with Gasteiger partial charge in [0.1, 0.15) is 13.7 Å². The summed E-state index contributed by atoms with van der Waals surface area (Å²) < 4.78 is 97.5. The summed E-state index contributed by atoms with van der Waals surface area (Å²) in [5.74, 6) is -14.2. The summed E-state index contributed by atoms with van der Waals surface area (Å²) in [5, 5.41) is -4.26. The zero-order valence-corrected chi connectivity index (χ0v) is 13.3. The molecule has 0 aromatic heterocycles. The summed E-state index contributed by atoms with van der Waals surface area (Å²) in [5.41, 5.74) is -0.815. The Hall–Kier alpha value is -1.73. The number of unbranched alkanes of at least 4 members (excludes halogenated alkanes) is 1. The highest BCUT2D eigenvalue weighted by Crippen LogP contribution is 2.39. The van der Waals surface area contributed by atoms with Crippen LogP contribution in [0.2, 0.25) is 0 Å². The van der Waals surface area contributed by atoms with Gasteiger partial charge in [-0.15, -0.1) is 0 Å². The Morgan fingerprint density at radius 1 is 0.708 bits per heavy atom. The molecule has 0 fully saturated rings. The molecule has 0 spiro atoms. The predicted octanol–water partition coefficient (Wildman–Crippen LogP) is 4.85. The van der Waals surface area contributed by atoms with Crippen LogP contribution in [0.4, 0.5) is 30.7 Å². The Bertz CT molecular complexity index is 815. The van der Waals surface area contributed by atoms with Gasteiger partial charge in [-0.25, -0.2) is 30.7 Å². The van der Waals surface area contributed by atoms with Crippen molar-refractivity contribution >= 4 is 18.6 Å². The Morgan fingerprint density at radius 3 is 1.58 bits per heavy atom. The van der Waals surface area contributed by atoms with Crippen molar-refractivity contribution in [2.24, 2.45) is 0 Å². The molecule has 0 saturated heterocycles. The van der Waals surface area contributed by atoms with Crippen LogP contribution in [0.25, 0.3) is 10.8 Å². The summed E-state index contributed by atoms with van der Waals surface area (Å²) in [7, 11) is 1.41. The minimum absolute atomic E-state index is 0.232. The molecule has 0 aliphatic carbocycles. The van der Waals surface area contributed by atoms with Crippen molar-refractivity contribution in [1.82, 2.24) is 0 Å². The molecule has 2 aromatic rings. The average molecular weight is 350 g/mol. The molecule has 24 heavy (non-hydrogen) atoms. The van der Waals surface area contributed by atoms with E-state index in [0.29, 0.717) is 12.8 Å². The quantitative estimate of drug-likeness (QED) is 0.320. The molecular formula is C16H14BF7. The molecule has 0 radical (unpaired) electrons. The van der Waals surface area contributed by atoms with Gasteiger partial charge in [0.15, 0.2) is 34.9 Å². The number of fused-ring (bicyclic) bond motifs is 1. The van der Waals surface area contributed by atoms with Gasteiger partial charge in [0.05, 0.1) is 10.8 Å². The van der Waals surface area contributed by atoms with Crippen molar-refractivity contribution in [2.75, 3.05) is 0 Å². The molecular weight excluding hydrogens is 336 g/mol. The molecule has 0 nitrogen and oxygen atoms in total. The third kappa shape index (κ3) is 2.65. The standard InChI is InChI=1S/C16H14BF7/c1-3-4-5-16(2,17)8-9(18)6-7(10(19)13(8)22)12(21)15(24)14(23)11(6)20/h3-5,17H2,1-2H3. The van der Waals surface area contributed by atoms with E-state index in [0.717, 1.165) is 0 Å². The highest BCUT2D eigenvalue weighted by Gasteiger charge is 2.35. The van der Waals surface area contributed by atoms with E-state index in [9.17, 15) is 30.7 Å². The van der Waals surface area contributed by atoms with Crippen LogP contribution >= 0.6 is 0 Å². The van der Waals surface area contributed by atoms with Gasteiger partial charge >= 0.3 is 0 Å². The van der Waals surface area contributed by atoms with Gasteiger partial charge < -0.3 is 0 Å². The van der Waals surface area contributed by atoms with Gasteiger partial charge in [-0.2, -0.15) is 0 Å². The number of rotatable bonds is 4. The van der Waals surface area contributed by atoms with Gasteiger partial charge in [-0.3, -0.25) is 0 Å². The lowest BCUT2D eigenvalue weighted by Gasteiger charge is -2.27. The Morgan fingerprint density at radius 2 is 1.12 bits per heavy atom. The maximum Gasteiger partial charge on any atom is 0.198 e. The molecule has 1 atom stereocenters. The SMILES string of the molecule is BC(C)(CCCC)c1c(F)c(F)c2c(F)c(F)c(F)c(F)c2c1F.